The van der Waals surface area contributed by atoms with E-state index in [1.807, 2.05) is 47.2 Å². The maximum atomic E-state index is 12.3. The monoisotopic (exact) mass is 275 g/mol. The molecule has 1 unspecified atom stereocenters. The maximum absolute atomic E-state index is 12.3. The van der Waals surface area contributed by atoms with E-state index in [0.717, 1.165) is 5.56 Å². The minimum Gasteiger partial charge on any atom is -0.396 e. The molecule has 0 aliphatic carbocycles. The van der Waals surface area contributed by atoms with E-state index in [1.165, 1.54) is 11.3 Å². The second-order valence-corrected chi connectivity index (χ2v) is 5.15. The summed E-state index contributed by atoms with van der Waals surface area (Å²) >= 11 is 1.51. The van der Waals surface area contributed by atoms with Gasteiger partial charge in [0.05, 0.1) is 11.6 Å². The van der Waals surface area contributed by atoms with Gasteiger partial charge in [0.1, 0.15) is 0 Å². The fraction of sp³-hybridized carbons (Fsp3) is 0.267. The van der Waals surface area contributed by atoms with Crippen molar-refractivity contribution in [2.24, 2.45) is 0 Å². The van der Waals surface area contributed by atoms with Crippen LogP contribution in [0.5, 0.6) is 0 Å². The number of amides is 1. The largest absolute Gasteiger partial charge is 0.396 e. The second kappa shape index (κ2) is 6.50. The Labute approximate surface area is 117 Å². The number of carbonyl (C=O) groups excluding carboxylic acids is 1. The summed E-state index contributed by atoms with van der Waals surface area (Å²) < 4.78 is 0. The summed E-state index contributed by atoms with van der Waals surface area (Å²) in [6.07, 6.45) is 0.538. The van der Waals surface area contributed by atoms with Crippen molar-refractivity contribution in [2.75, 3.05) is 13.7 Å². The van der Waals surface area contributed by atoms with Crippen molar-refractivity contribution < 1.29 is 9.90 Å². The van der Waals surface area contributed by atoms with Gasteiger partial charge in [-0.1, -0.05) is 30.3 Å². The highest BCUT2D eigenvalue weighted by atomic mass is 32.1. The van der Waals surface area contributed by atoms with E-state index in [-0.39, 0.29) is 18.6 Å². The highest BCUT2D eigenvalue weighted by Gasteiger charge is 2.22. The van der Waals surface area contributed by atoms with Crippen LogP contribution in [0.3, 0.4) is 0 Å². The van der Waals surface area contributed by atoms with Crippen molar-refractivity contribution in [2.45, 2.75) is 12.5 Å². The molecule has 1 atom stereocenters. The topological polar surface area (TPSA) is 40.5 Å². The van der Waals surface area contributed by atoms with Crippen LogP contribution in [0, 0.1) is 0 Å². The standard InChI is InChI=1S/C15H17NO2S/c1-16(15(18)13-8-10-19-11-13)14(7-9-17)12-5-3-2-4-6-12/h2-6,8,10-11,14,17H,7,9H2,1H3. The van der Waals surface area contributed by atoms with Gasteiger partial charge in [0.15, 0.2) is 0 Å². The van der Waals surface area contributed by atoms with Gasteiger partial charge in [-0.3, -0.25) is 4.79 Å². The zero-order valence-corrected chi connectivity index (χ0v) is 11.6. The zero-order chi connectivity index (χ0) is 13.7. The van der Waals surface area contributed by atoms with Crippen LogP contribution in [0.4, 0.5) is 0 Å². The highest BCUT2D eigenvalue weighted by molar-refractivity contribution is 7.08. The van der Waals surface area contributed by atoms with Crippen LogP contribution in [-0.4, -0.2) is 29.6 Å². The number of thiophene rings is 1. The Morgan fingerprint density at radius 1 is 1.32 bits per heavy atom. The van der Waals surface area contributed by atoms with Crippen LogP contribution in [0.1, 0.15) is 28.4 Å². The van der Waals surface area contributed by atoms with Crippen molar-refractivity contribution in [1.82, 2.24) is 4.90 Å². The molecule has 1 aromatic heterocycles. The number of carbonyl (C=O) groups is 1. The first-order valence-electron chi connectivity index (χ1n) is 6.19. The van der Waals surface area contributed by atoms with Crippen molar-refractivity contribution in [3.63, 3.8) is 0 Å². The Morgan fingerprint density at radius 2 is 2.05 bits per heavy atom. The van der Waals surface area contributed by atoms with Crippen molar-refractivity contribution in [1.29, 1.82) is 0 Å². The quantitative estimate of drug-likeness (QED) is 0.911. The van der Waals surface area contributed by atoms with E-state index in [2.05, 4.69) is 0 Å². The zero-order valence-electron chi connectivity index (χ0n) is 10.8. The Morgan fingerprint density at radius 3 is 2.63 bits per heavy atom. The van der Waals surface area contributed by atoms with Gasteiger partial charge < -0.3 is 10.0 Å². The molecule has 1 N–H and O–H groups in total. The summed E-state index contributed by atoms with van der Waals surface area (Å²) in [6.45, 7) is 0.0564. The number of aliphatic hydroxyl groups is 1. The molecule has 2 rings (SSSR count). The summed E-state index contributed by atoms with van der Waals surface area (Å²) in [5.74, 6) is -0.0106. The molecule has 100 valence electrons. The molecule has 0 spiro atoms. The molecule has 1 amide bonds. The number of hydrogen-bond acceptors (Lipinski definition) is 3. The van der Waals surface area contributed by atoms with Gasteiger partial charge in [-0.15, -0.1) is 0 Å². The van der Waals surface area contributed by atoms with E-state index in [9.17, 15) is 9.90 Å². The molecule has 0 saturated carbocycles. The van der Waals surface area contributed by atoms with E-state index in [4.69, 9.17) is 0 Å². The predicted octanol–water partition coefficient (Wildman–Crippen LogP) is 2.94. The third-order valence-electron chi connectivity index (χ3n) is 3.14. The van der Waals surface area contributed by atoms with Crippen molar-refractivity contribution in [3.8, 4) is 0 Å². The number of benzene rings is 1. The summed E-state index contributed by atoms with van der Waals surface area (Å²) in [5, 5.41) is 13.0. The minimum absolute atomic E-state index is 0.0106. The van der Waals surface area contributed by atoms with Gasteiger partial charge in [0.2, 0.25) is 0 Å². The number of nitrogens with zero attached hydrogens (tertiary/aromatic N) is 1. The summed E-state index contributed by atoms with van der Waals surface area (Å²) in [6, 6.07) is 11.5. The average Bonchev–Trinajstić information content (AvgIpc) is 2.98. The van der Waals surface area contributed by atoms with E-state index >= 15 is 0 Å². The predicted molar refractivity (Wildman–Crippen MR) is 77.3 cm³/mol. The van der Waals surface area contributed by atoms with Crippen molar-refractivity contribution in [3.05, 3.63) is 58.3 Å². The number of aliphatic hydroxyl groups excluding tert-OH is 1. The molecule has 4 heteroatoms. The third kappa shape index (κ3) is 3.22. The van der Waals surface area contributed by atoms with Crippen LogP contribution in [-0.2, 0) is 0 Å². The number of hydrogen-bond donors (Lipinski definition) is 1. The van der Waals surface area contributed by atoms with Crippen LogP contribution in [0.15, 0.2) is 47.2 Å². The first-order chi connectivity index (χ1) is 9.24. The van der Waals surface area contributed by atoms with Gasteiger partial charge in [0.25, 0.3) is 5.91 Å². The lowest BCUT2D eigenvalue weighted by molar-refractivity contribution is 0.0705. The van der Waals surface area contributed by atoms with Crippen LogP contribution in [0.2, 0.25) is 0 Å². The number of rotatable bonds is 5. The van der Waals surface area contributed by atoms with E-state index < -0.39 is 0 Å². The van der Waals surface area contributed by atoms with E-state index in [1.54, 1.807) is 11.9 Å². The molecular weight excluding hydrogens is 258 g/mol. The smallest absolute Gasteiger partial charge is 0.254 e. The molecule has 0 aliphatic heterocycles. The van der Waals surface area contributed by atoms with Gasteiger partial charge in [-0.05, 0) is 23.4 Å². The lowest BCUT2D eigenvalue weighted by atomic mass is 10.0. The first-order valence-corrected chi connectivity index (χ1v) is 7.13. The van der Waals surface area contributed by atoms with Crippen LogP contribution < -0.4 is 0 Å². The Hall–Kier alpha value is -1.65. The molecule has 0 saturated heterocycles. The summed E-state index contributed by atoms with van der Waals surface area (Å²) in [7, 11) is 1.79. The van der Waals surface area contributed by atoms with Gasteiger partial charge in [0, 0.05) is 19.0 Å². The molecule has 0 bridgehead atoms. The molecule has 2 aromatic rings. The molecular formula is C15H17NO2S. The SMILES string of the molecule is CN(C(=O)c1ccsc1)C(CCO)c1ccccc1. The molecule has 19 heavy (non-hydrogen) atoms. The Bertz CT molecular complexity index is 510. The fourth-order valence-corrected chi connectivity index (χ4v) is 2.74. The van der Waals surface area contributed by atoms with Crippen LogP contribution >= 0.6 is 11.3 Å². The second-order valence-electron chi connectivity index (χ2n) is 4.37. The molecule has 1 aromatic carbocycles. The van der Waals surface area contributed by atoms with Gasteiger partial charge >= 0.3 is 0 Å². The molecule has 0 aliphatic rings. The summed E-state index contributed by atoms with van der Waals surface area (Å²) in [5.41, 5.74) is 1.74. The van der Waals surface area contributed by atoms with Gasteiger partial charge in [-0.25, -0.2) is 0 Å². The third-order valence-corrected chi connectivity index (χ3v) is 3.83. The Kier molecular flexibility index (Phi) is 4.71. The molecule has 3 nitrogen and oxygen atoms in total. The first kappa shape index (κ1) is 13.8. The minimum atomic E-state index is -0.0985. The maximum Gasteiger partial charge on any atom is 0.254 e. The molecule has 0 fully saturated rings. The lowest BCUT2D eigenvalue weighted by Crippen LogP contribution is -2.31. The lowest BCUT2D eigenvalue weighted by Gasteiger charge is -2.28. The highest BCUT2D eigenvalue weighted by Crippen LogP contribution is 2.24. The fourth-order valence-electron chi connectivity index (χ4n) is 2.11. The normalized spacial score (nSPS) is 12.1. The van der Waals surface area contributed by atoms with Gasteiger partial charge in [-0.2, -0.15) is 11.3 Å². The van der Waals surface area contributed by atoms with Crippen molar-refractivity contribution >= 4 is 17.2 Å². The average molecular weight is 275 g/mol. The Balaban J connectivity index is 2.22. The molecule has 1 heterocycles. The molecule has 0 radical (unpaired) electrons. The van der Waals surface area contributed by atoms with E-state index in [0.29, 0.717) is 12.0 Å². The summed E-state index contributed by atoms with van der Waals surface area (Å²) in [4.78, 5) is 14.0. The van der Waals surface area contributed by atoms with Crippen LogP contribution in [0.25, 0.3) is 0 Å².